The van der Waals surface area contributed by atoms with E-state index in [0.29, 0.717) is 21.3 Å². The van der Waals surface area contributed by atoms with E-state index in [2.05, 4.69) is 5.32 Å². The van der Waals surface area contributed by atoms with Crippen molar-refractivity contribution >= 4 is 40.9 Å². The maximum Gasteiger partial charge on any atom is 0.266 e. The fourth-order valence-electron chi connectivity index (χ4n) is 1.70. The first-order valence-corrected chi connectivity index (χ1v) is 6.93. The van der Waals surface area contributed by atoms with E-state index < -0.39 is 5.91 Å². The minimum Gasteiger partial charge on any atom is -0.507 e. The molecule has 0 saturated heterocycles. The van der Waals surface area contributed by atoms with Gasteiger partial charge in [0, 0.05) is 10.6 Å². The molecular formula is C16H10Cl2N2O2. The molecule has 0 fully saturated rings. The normalized spacial score (nSPS) is 10.9. The second kappa shape index (κ2) is 6.99. The largest absolute Gasteiger partial charge is 0.507 e. The molecule has 4 nitrogen and oxygen atoms in total. The number of rotatable bonds is 3. The fraction of sp³-hybridized carbons (Fsp3) is 0. The third-order valence-electron chi connectivity index (χ3n) is 2.78. The Morgan fingerprint density at radius 1 is 1.23 bits per heavy atom. The number of hydrogen-bond acceptors (Lipinski definition) is 3. The molecule has 2 rings (SSSR count). The number of carbonyl (C=O) groups is 1. The number of carbonyl (C=O) groups excluding carboxylic acids is 1. The molecule has 22 heavy (non-hydrogen) atoms. The van der Waals surface area contributed by atoms with Crippen LogP contribution in [0.1, 0.15) is 5.56 Å². The number of anilines is 1. The molecule has 0 atom stereocenters. The highest BCUT2D eigenvalue weighted by atomic mass is 35.5. The number of halogens is 2. The first kappa shape index (κ1) is 15.9. The summed E-state index contributed by atoms with van der Waals surface area (Å²) in [7, 11) is 0. The van der Waals surface area contributed by atoms with Crippen molar-refractivity contribution in [2.45, 2.75) is 0 Å². The minimum absolute atomic E-state index is 0.0242. The molecular weight excluding hydrogens is 323 g/mol. The Balaban J connectivity index is 2.29. The number of aromatic hydroxyl groups is 1. The number of para-hydroxylation sites is 1. The van der Waals surface area contributed by atoms with E-state index in [-0.39, 0.29) is 11.3 Å². The van der Waals surface area contributed by atoms with Crippen molar-refractivity contribution in [3.8, 4) is 11.8 Å². The summed E-state index contributed by atoms with van der Waals surface area (Å²) < 4.78 is 0. The SMILES string of the molecule is N#C/C(=C\c1ccccc1O)C(=O)Nc1cc(Cl)ccc1Cl. The lowest BCUT2D eigenvalue weighted by Crippen LogP contribution is -2.13. The molecule has 0 spiro atoms. The second-order valence-electron chi connectivity index (χ2n) is 4.31. The zero-order valence-electron chi connectivity index (χ0n) is 11.2. The van der Waals surface area contributed by atoms with Gasteiger partial charge in [-0.05, 0) is 30.3 Å². The Morgan fingerprint density at radius 3 is 2.64 bits per heavy atom. The van der Waals surface area contributed by atoms with Gasteiger partial charge in [0.25, 0.3) is 5.91 Å². The molecule has 0 unspecified atom stereocenters. The van der Waals surface area contributed by atoms with Crippen molar-refractivity contribution in [1.29, 1.82) is 5.26 Å². The quantitative estimate of drug-likeness (QED) is 0.652. The average Bonchev–Trinajstić information content (AvgIpc) is 2.50. The summed E-state index contributed by atoms with van der Waals surface area (Å²) in [6.07, 6.45) is 1.29. The molecule has 2 aromatic rings. The van der Waals surface area contributed by atoms with Gasteiger partial charge in [0.15, 0.2) is 0 Å². The number of phenols is 1. The molecule has 6 heteroatoms. The van der Waals surface area contributed by atoms with Gasteiger partial charge in [-0.1, -0.05) is 41.4 Å². The standard InChI is InChI=1S/C16H10Cl2N2O2/c17-12-5-6-13(18)14(8-12)20-16(22)11(9-19)7-10-3-1-2-4-15(10)21/h1-8,21H,(H,20,22)/b11-7+. The van der Waals surface area contributed by atoms with Crippen LogP contribution in [0.15, 0.2) is 48.0 Å². The van der Waals surface area contributed by atoms with E-state index in [4.69, 9.17) is 28.5 Å². The first-order chi connectivity index (χ1) is 10.5. The van der Waals surface area contributed by atoms with Gasteiger partial charge in [-0.3, -0.25) is 4.79 Å². The molecule has 2 aromatic carbocycles. The Kier molecular flexibility index (Phi) is 5.05. The lowest BCUT2D eigenvalue weighted by molar-refractivity contribution is -0.112. The number of nitriles is 1. The van der Waals surface area contributed by atoms with Gasteiger partial charge < -0.3 is 10.4 Å². The predicted octanol–water partition coefficient (Wildman–Crippen LogP) is 4.24. The molecule has 0 aliphatic heterocycles. The Bertz CT molecular complexity index is 795. The Morgan fingerprint density at radius 2 is 1.95 bits per heavy atom. The van der Waals surface area contributed by atoms with Crippen molar-refractivity contribution < 1.29 is 9.90 Å². The summed E-state index contributed by atoms with van der Waals surface area (Å²) in [4.78, 5) is 12.1. The van der Waals surface area contributed by atoms with Crippen LogP contribution in [0.4, 0.5) is 5.69 Å². The summed E-state index contributed by atoms with van der Waals surface area (Å²) >= 11 is 11.8. The molecule has 0 saturated carbocycles. The molecule has 0 radical (unpaired) electrons. The Labute approximate surface area is 137 Å². The van der Waals surface area contributed by atoms with Crippen LogP contribution < -0.4 is 5.32 Å². The van der Waals surface area contributed by atoms with E-state index in [1.165, 1.54) is 24.3 Å². The zero-order valence-corrected chi connectivity index (χ0v) is 12.7. The summed E-state index contributed by atoms with van der Waals surface area (Å²) in [6.45, 7) is 0. The van der Waals surface area contributed by atoms with Crippen molar-refractivity contribution in [3.05, 3.63) is 63.6 Å². The van der Waals surface area contributed by atoms with Crippen LogP contribution in [0.3, 0.4) is 0 Å². The van der Waals surface area contributed by atoms with E-state index in [9.17, 15) is 9.90 Å². The topological polar surface area (TPSA) is 73.1 Å². The monoisotopic (exact) mass is 332 g/mol. The van der Waals surface area contributed by atoms with Crippen LogP contribution in [0.5, 0.6) is 5.75 Å². The number of nitrogens with zero attached hydrogens (tertiary/aromatic N) is 1. The fourth-order valence-corrected chi connectivity index (χ4v) is 2.03. The zero-order chi connectivity index (χ0) is 16.1. The number of benzene rings is 2. The maximum absolute atomic E-state index is 12.1. The van der Waals surface area contributed by atoms with Gasteiger partial charge in [-0.2, -0.15) is 5.26 Å². The number of phenolic OH excluding ortho intramolecular Hbond substituents is 1. The molecule has 0 heterocycles. The van der Waals surface area contributed by atoms with Crippen LogP contribution in [-0.2, 0) is 4.79 Å². The molecule has 1 amide bonds. The lowest BCUT2D eigenvalue weighted by atomic mass is 10.1. The predicted molar refractivity (Wildman–Crippen MR) is 86.8 cm³/mol. The van der Waals surface area contributed by atoms with Crippen molar-refractivity contribution in [3.63, 3.8) is 0 Å². The van der Waals surface area contributed by atoms with Crippen LogP contribution in [0.2, 0.25) is 10.0 Å². The molecule has 2 N–H and O–H groups in total. The van der Waals surface area contributed by atoms with Gasteiger partial charge in [-0.25, -0.2) is 0 Å². The third-order valence-corrected chi connectivity index (χ3v) is 3.34. The molecule has 0 aromatic heterocycles. The molecule has 0 aliphatic rings. The highest BCUT2D eigenvalue weighted by Gasteiger charge is 2.12. The van der Waals surface area contributed by atoms with Crippen molar-refractivity contribution in [2.24, 2.45) is 0 Å². The summed E-state index contributed by atoms with van der Waals surface area (Å²) in [5.74, 6) is -0.668. The molecule has 110 valence electrons. The van der Waals surface area contributed by atoms with Crippen LogP contribution in [-0.4, -0.2) is 11.0 Å². The van der Waals surface area contributed by atoms with E-state index in [1.807, 2.05) is 0 Å². The number of nitrogens with one attached hydrogen (secondary N) is 1. The number of hydrogen-bond donors (Lipinski definition) is 2. The van der Waals surface area contributed by atoms with Crippen molar-refractivity contribution in [2.75, 3.05) is 5.32 Å². The minimum atomic E-state index is -0.644. The lowest BCUT2D eigenvalue weighted by Gasteiger charge is -2.07. The summed E-state index contributed by atoms with van der Waals surface area (Å²) in [5.41, 5.74) is 0.501. The van der Waals surface area contributed by atoms with Gasteiger partial charge in [0.05, 0.1) is 10.7 Å². The molecule has 0 bridgehead atoms. The average molecular weight is 333 g/mol. The van der Waals surface area contributed by atoms with Crippen LogP contribution >= 0.6 is 23.2 Å². The van der Waals surface area contributed by atoms with Crippen molar-refractivity contribution in [1.82, 2.24) is 0 Å². The van der Waals surface area contributed by atoms with E-state index in [0.717, 1.165) is 0 Å². The highest BCUT2D eigenvalue weighted by Crippen LogP contribution is 2.26. The van der Waals surface area contributed by atoms with Gasteiger partial charge in [0.2, 0.25) is 0 Å². The number of amides is 1. The second-order valence-corrected chi connectivity index (χ2v) is 5.15. The van der Waals surface area contributed by atoms with Crippen LogP contribution in [0.25, 0.3) is 6.08 Å². The summed E-state index contributed by atoms with van der Waals surface area (Å²) in [6, 6.07) is 12.8. The Hall–Kier alpha value is -2.48. The molecule has 0 aliphatic carbocycles. The van der Waals surface area contributed by atoms with Crippen LogP contribution in [0, 0.1) is 11.3 Å². The maximum atomic E-state index is 12.1. The van der Waals surface area contributed by atoms with E-state index >= 15 is 0 Å². The highest BCUT2D eigenvalue weighted by molar-refractivity contribution is 6.36. The van der Waals surface area contributed by atoms with Gasteiger partial charge >= 0.3 is 0 Å². The summed E-state index contributed by atoms with van der Waals surface area (Å²) in [5, 5.41) is 22.0. The van der Waals surface area contributed by atoms with E-state index in [1.54, 1.807) is 30.3 Å². The smallest absolute Gasteiger partial charge is 0.266 e. The first-order valence-electron chi connectivity index (χ1n) is 6.17. The van der Waals surface area contributed by atoms with Gasteiger partial charge in [0.1, 0.15) is 17.4 Å². The third kappa shape index (κ3) is 3.79. The van der Waals surface area contributed by atoms with Gasteiger partial charge in [-0.15, -0.1) is 0 Å².